The Morgan fingerprint density at radius 3 is 2.16 bits per heavy atom. The topological polar surface area (TPSA) is 58.4 Å². The second-order valence-electron chi connectivity index (χ2n) is 7.49. The number of aromatic nitrogens is 2. The van der Waals surface area contributed by atoms with E-state index in [1.54, 1.807) is 22.2 Å². The fourth-order valence-corrected chi connectivity index (χ4v) is 4.94. The number of anilines is 1. The van der Waals surface area contributed by atoms with Crippen LogP contribution in [0, 0.1) is 0 Å². The molecule has 1 aromatic carbocycles. The zero-order valence-electron chi connectivity index (χ0n) is 15.3. The van der Waals surface area contributed by atoms with Gasteiger partial charge in [0.2, 0.25) is 10.0 Å². The minimum Gasteiger partial charge on any atom is -0.369 e. The van der Waals surface area contributed by atoms with E-state index in [2.05, 4.69) is 22.1 Å². The van der Waals surface area contributed by atoms with Crippen LogP contribution in [0.4, 0.5) is 5.69 Å². The van der Waals surface area contributed by atoms with Gasteiger partial charge in [0.15, 0.2) is 0 Å². The van der Waals surface area contributed by atoms with Gasteiger partial charge in [0.25, 0.3) is 0 Å². The van der Waals surface area contributed by atoms with Gasteiger partial charge in [-0.1, -0.05) is 39.0 Å². The van der Waals surface area contributed by atoms with Gasteiger partial charge in [-0.15, -0.1) is 0 Å². The molecule has 0 bridgehead atoms. The molecule has 2 aromatic rings. The van der Waals surface area contributed by atoms with Gasteiger partial charge in [0.1, 0.15) is 4.90 Å². The maximum atomic E-state index is 13.2. The van der Waals surface area contributed by atoms with Crippen LogP contribution >= 0.6 is 0 Å². The molecule has 3 rings (SSSR count). The molecule has 25 heavy (non-hydrogen) atoms. The second kappa shape index (κ2) is 6.46. The highest BCUT2D eigenvalue weighted by molar-refractivity contribution is 7.89. The number of aryl methyl sites for hydroxylation is 1. The lowest BCUT2D eigenvalue weighted by atomic mass is 9.92. The zero-order chi connectivity index (χ0) is 18.2. The molecule has 1 aromatic heterocycles. The first-order chi connectivity index (χ1) is 11.7. The molecular formula is C18H26N4O2S. The van der Waals surface area contributed by atoms with Crippen molar-refractivity contribution < 1.29 is 8.42 Å². The molecule has 0 spiro atoms. The number of benzene rings is 1. The summed E-state index contributed by atoms with van der Waals surface area (Å²) in [6.07, 6.45) is 1.62. The third-order valence-electron chi connectivity index (χ3n) is 4.48. The summed E-state index contributed by atoms with van der Waals surface area (Å²) in [7, 11) is -1.77. The van der Waals surface area contributed by atoms with E-state index >= 15 is 0 Å². The maximum absolute atomic E-state index is 13.2. The van der Waals surface area contributed by atoms with E-state index in [9.17, 15) is 8.42 Å². The van der Waals surface area contributed by atoms with Gasteiger partial charge in [-0.2, -0.15) is 9.40 Å². The fourth-order valence-electron chi connectivity index (χ4n) is 3.14. The summed E-state index contributed by atoms with van der Waals surface area (Å²) < 4.78 is 29.5. The number of hydrogen-bond acceptors (Lipinski definition) is 4. The predicted molar refractivity (Wildman–Crippen MR) is 99.3 cm³/mol. The highest BCUT2D eigenvalue weighted by Gasteiger charge is 2.35. The van der Waals surface area contributed by atoms with E-state index in [0.717, 1.165) is 5.69 Å². The molecule has 7 heteroatoms. The number of para-hydroxylation sites is 1. The normalized spacial score (nSPS) is 17.0. The molecular weight excluding hydrogens is 336 g/mol. The van der Waals surface area contributed by atoms with Gasteiger partial charge in [0.05, 0.1) is 5.69 Å². The molecule has 0 N–H and O–H groups in total. The van der Waals surface area contributed by atoms with E-state index in [-0.39, 0.29) is 5.41 Å². The van der Waals surface area contributed by atoms with E-state index in [0.29, 0.717) is 36.8 Å². The zero-order valence-corrected chi connectivity index (χ0v) is 16.1. The summed E-state index contributed by atoms with van der Waals surface area (Å²) in [6, 6.07) is 10.1. The lowest BCUT2D eigenvalue weighted by Crippen LogP contribution is -2.48. The Balaban J connectivity index is 1.81. The Bertz CT molecular complexity index is 830. The molecule has 0 aliphatic carbocycles. The molecule has 136 valence electrons. The van der Waals surface area contributed by atoms with Crippen molar-refractivity contribution in [3.63, 3.8) is 0 Å². The van der Waals surface area contributed by atoms with E-state index in [1.807, 2.05) is 39.0 Å². The van der Waals surface area contributed by atoms with Crippen LogP contribution in [0.3, 0.4) is 0 Å². The summed E-state index contributed by atoms with van der Waals surface area (Å²) in [5.74, 6) is 0. The van der Waals surface area contributed by atoms with Gasteiger partial charge in [-0.3, -0.25) is 4.68 Å². The first-order valence-electron chi connectivity index (χ1n) is 8.54. The first-order valence-corrected chi connectivity index (χ1v) is 9.98. The van der Waals surface area contributed by atoms with Crippen LogP contribution in [0.1, 0.15) is 26.5 Å². The van der Waals surface area contributed by atoms with Gasteiger partial charge in [0, 0.05) is 50.5 Å². The molecule has 1 saturated heterocycles. The Labute approximate surface area is 150 Å². The second-order valence-corrected chi connectivity index (χ2v) is 9.40. The summed E-state index contributed by atoms with van der Waals surface area (Å²) in [6.45, 7) is 8.30. The van der Waals surface area contributed by atoms with Crippen molar-refractivity contribution in [1.29, 1.82) is 0 Å². The van der Waals surface area contributed by atoms with Crippen molar-refractivity contribution in [2.24, 2.45) is 7.05 Å². The first kappa shape index (κ1) is 17.9. The molecule has 6 nitrogen and oxygen atoms in total. The Kier molecular flexibility index (Phi) is 4.64. The van der Waals surface area contributed by atoms with Gasteiger partial charge < -0.3 is 4.90 Å². The quantitative estimate of drug-likeness (QED) is 0.840. The Hall–Kier alpha value is -1.86. The molecule has 0 saturated carbocycles. The lowest BCUT2D eigenvalue weighted by molar-refractivity contribution is 0.383. The van der Waals surface area contributed by atoms with E-state index < -0.39 is 10.0 Å². The molecule has 0 amide bonds. The van der Waals surface area contributed by atoms with Crippen LogP contribution in [-0.2, 0) is 22.5 Å². The molecule has 1 fully saturated rings. The van der Waals surface area contributed by atoms with Crippen molar-refractivity contribution in [3.05, 3.63) is 42.2 Å². The number of hydrogen-bond donors (Lipinski definition) is 0. The molecule has 0 radical (unpaired) electrons. The number of piperazine rings is 1. The van der Waals surface area contributed by atoms with Gasteiger partial charge in [-0.25, -0.2) is 8.42 Å². The minimum atomic E-state index is -3.54. The summed E-state index contributed by atoms with van der Waals surface area (Å²) in [5.41, 5.74) is 1.44. The average molecular weight is 362 g/mol. The van der Waals surface area contributed by atoms with Crippen LogP contribution in [0.2, 0.25) is 0 Å². The maximum Gasteiger partial charge on any atom is 0.246 e. The summed E-state index contributed by atoms with van der Waals surface area (Å²) in [5, 5.41) is 4.41. The standard InChI is InChI=1S/C18H26N4O2S/c1-18(2,3)17-16(14-20(4)19-17)25(23,24)22-12-10-21(11-13-22)15-8-6-5-7-9-15/h5-9,14H,10-13H2,1-4H3. The SMILES string of the molecule is Cn1cc(S(=O)(=O)N2CCN(c3ccccc3)CC2)c(C(C)(C)C)n1. The smallest absolute Gasteiger partial charge is 0.246 e. The molecule has 1 aliphatic heterocycles. The Morgan fingerprint density at radius 1 is 1.00 bits per heavy atom. The molecule has 1 aliphatic rings. The van der Waals surface area contributed by atoms with Crippen LogP contribution < -0.4 is 4.90 Å². The van der Waals surface area contributed by atoms with Gasteiger partial charge in [-0.05, 0) is 12.1 Å². The van der Waals surface area contributed by atoms with Crippen molar-refractivity contribution in [2.45, 2.75) is 31.1 Å². The highest BCUT2D eigenvalue weighted by Crippen LogP contribution is 2.30. The van der Waals surface area contributed by atoms with Crippen molar-refractivity contribution in [1.82, 2.24) is 14.1 Å². The van der Waals surface area contributed by atoms with E-state index in [4.69, 9.17) is 0 Å². The third-order valence-corrected chi connectivity index (χ3v) is 6.38. The van der Waals surface area contributed by atoms with Gasteiger partial charge >= 0.3 is 0 Å². The van der Waals surface area contributed by atoms with Crippen molar-refractivity contribution in [3.8, 4) is 0 Å². The fraction of sp³-hybridized carbons (Fsp3) is 0.500. The highest BCUT2D eigenvalue weighted by atomic mass is 32.2. The number of rotatable bonds is 3. The third kappa shape index (κ3) is 3.57. The summed E-state index contributed by atoms with van der Waals surface area (Å²) >= 11 is 0. The van der Waals surface area contributed by atoms with Crippen LogP contribution in [0.15, 0.2) is 41.4 Å². The summed E-state index contributed by atoms with van der Waals surface area (Å²) in [4.78, 5) is 2.55. The predicted octanol–water partition coefficient (Wildman–Crippen LogP) is 2.23. The number of sulfonamides is 1. The number of nitrogens with zero attached hydrogens (tertiary/aromatic N) is 4. The minimum absolute atomic E-state index is 0.324. The average Bonchev–Trinajstić information content (AvgIpc) is 2.99. The van der Waals surface area contributed by atoms with Crippen LogP contribution in [0.5, 0.6) is 0 Å². The largest absolute Gasteiger partial charge is 0.369 e. The molecule has 2 heterocycles. The van der Waals surface area contributed by atoms with Crippen molar-refractivity contribution in [2.75, 3.05) is 31.1 Å². The lowest BCUT2D eigenvalue weighted by Gasteiger charge is -2.35. The van der Waals surface area contributed by atoms with Crippen molar-refractivity contribution >= 4 is 15.7 Å². The monoisotopic (exact) mass is 362 g/mol. The van der Waals surface area contributed by atoms with Crippen LogP contribution in [0.25, 0.3) is 0 Å². The molecule has 0 atom stereocenters. The van der Waals surface area contributed by atoms with E-state index in [1.165, 1.54) is 0 Å². The molecule has 0 unspecified atom stereocenters. The van der Waals surface area contributed by atoms with Crippen LogP contribution in [-0.4, -0.2) is 48.7 Å². The Morgan fingerprint density at radius 2 is 1.60 bits per heavy atom.